The predicted octanol–water partition coefficient (Wildman–Crippen LogP) is 2.04. The van der Waals surface area contributed by atoms with Crippen molar-refractivity contribution in [3.05, 3.63) is 75.8 Å². The van der Waals surface area contributed by atoms with Gasteiger partial charge in [0.05, 0.1) is 18.5 Å². The minimum atomic E-state index is -0.859. The number of para-hydroxylation sites is 1. The Morgan fingerprint density at radius 1 is 1.12 bits per heavy atom. The van der Waals surface area contributed by atoms with Crippen molar-refractivity contribution in [1.82, 2.24) is 5.32 Å². The van der Waals surface area contributed by atoms with Gasteiger partial charge in [0.15, 0.2) is 0 Å². The van der Waals surface area contributed by atoms with E-state index >= 15 is 0 Å². The van der Waals surface area contributed by atoms with Gasteiger partial charge in [-0.2, -0.15) is 0 Å². The fourth-order valence-electron chi connectivity index (χ4n) is 2.44. The lowest BCUT2D eigenvalue weighted by Gasteiger charge is -2.16. The van der Waals surface area contributed by atoms with Crippen LogP contribution in [0.4, 0.5) is 5.69 Å². The summed E-state index contributed by atoms with van der Waals surface area (Å²) in [6, 6.07) is 14.3. The molecule has 0 fully saturated rings. The number of carbonyl (C=O) groups is 2. The van der Waals surface area contributed by atoms with Crippen LogP contribution in [0.15, 0.2) is 54.6 Å². The number of amides is 1. The topological polar surface area (TPSA) is 98.5 Å². The minimum Gasteiger partial charge on any atom is -0.467 e. The summed E-state index contributed by atoms with van der Waals surface area (Å²) < 4.78 is 4.74. The van der Waals surface area contributed by atoms with Crippen molar-refractivity contribution in [2.45, 2.75) is 18.9 Å². The third kappa shape index (κ3) is 5.13. The van der Waals surface area contributed by atoms with E-state index in [0.29, 0.717) is 0 Å². The van der Waals surface area contributed by atoms with Gasteiger partial charge in [-0.25, -0.2) is 4.79 Å². The summed E-state index contributed by atoms with van der Waals surface area (Å²) in [7, 11) is 1.24. The number of nitro groups is 1. The van der Waals surface area contributed by atoms with Crippen molar-refractivity contribution < 1.29 is 19.2 Å². The van der Waals surface area contributed by atoms with Crippen molar-refractivity contribution >= 4 is 17.6 Å². The van der Waals surface area contributed by atoms with E-state index in [1.165, 1.54) is 25.3 Å². The van der Waals surface area contributed by atoms with Gasteiger partial charge in [-0.05, 0) is 5.56 Å². The van der Waals surface area contributed by atoms with Crippen LogP contribution in [0.25, 0.3) is 0 Å². The molecule has 0 saturated heterocycles. The van der Waals surface area contributed by atoms with Crippen molar-refractivity contribution in [2.24, 2.45) is 0 Å². The number of hydrogen-bond acceptors (Lipinski definition) is 5. The maximum absolute atomic E-state index is 12.3. The normalized spacial score (nSPS) is 11.4. The van der Waals surface area contributed by atoms with E-state index < -0.39 is 22.8 Å². The van der Waals surface area contributed by atoms with E-state index in [0.717, 1.165) is 5.56 Å². The first kappa shape index (κ1) is 18.1. The summed E-state index contributed by atoms with van der Waals surface area (Å²) >= 11 is 0. The summed E-state index contributed by atoms with van der Waals surface area (Å²) in [6.45, 7) is 0. The van der Waals surface area contributed by atoms with Gasteiger partial charge in [-0.15, -0.1) is 0 Å². The molecule has 0 saturated carbocycles. The van der Waals surface area contributed by atoms with Crippen molar-refractivity contribution in [3.63, 3.8) is 0 Å². The number of methoxy groups -OCH3 is 1. The SMILES string of the molecule is COC(=O)C(Cc1ccccc1)NC(=O)Cc1ccccc1[N+](=O)[O-]. The Morgan fingerprint density at radius 2 is 1.76 bits per heavy atom. The van der Waals surface area contributed by atoms with Crippen LogP contribution in [0.2, 0.25) is 0 Å². The molecular weight excluding hydrogens is 324 g/mol. The molecule has 130 valence electrons. The largest absolute Gasteiger partial charge is 0.467 e. The molecule has 0 aromatic heterocycles. The minimum absolute atomic E-state index is 0.129. The third-order valence-corrected chi connectivity index (χ3v) is 3.64. The summed E-state index contributed by atoms with van der Waals surface area (Å²) in [5, 5.41) is 13.6. The Balaban J connectivity index is 2.09. The molecule has 2 aromatic carbocycles. The number of nitrogens with zero attached hydrogens (tertiary/aromatic N) is 1. The molecule has 1 N–H and O–H groups in total. The van der Waals surface area contributed by atoms with Crippen LogP contribution in [0.1, 0.15) is 11.1 Å². The highest BCUT2D eigenvalue weighted by molar-refractivity contribution is 5.86. The Labute approximate surface area is 144 Å². The van der Waals surface area contributed by atoms with Crippen molar-refractivity contribution in [1.29, 1.82) is 0 Å². The molecule has 7 nitrogen and oxygen atoms in total. The standard InChI is InChI=1S/C18H18N2O5/c1-25-18(22)15(11-13-7-3-2-4-8-13)19-17(21)12-14-9-5-6-10-16(14)20(23)24/h2-10,15H,11-12H2,1H3,(H,19,21). The molecule has 1 unspecified atom stereocenters. The monoisotopic (exact) mass is 342 g/mol. The van der Waals surface area contributed by atoms with Crippen LogP contribution in [-0.4, -0.2) is 30.0 Å². The Bertz CT molecular complexity index is 761. The van der Waals surface area contributed by atoms with Crippen LogP contribution in [-0.2, 0) is 27.2 Å². The highest BCUT2D eigenvalue weighted by Crippen LogP contribution is 2.18. The van der Waals surface area contributed by atoms with Crippen LogP contribution >= 0.6 is 0 Å². The van der Waals surface area contributed by atoms with E-state index in [-0.39, 0.29) is 24.1 Å². The Kier molecular flexibility index (Phi) is 6.22. The number of esters is 1. The number of nitro benzene ring substituents is 1. The number of ether oxygens (including phenoxy) is 1. The van der Waals surface area contributed by atoms with Gasteiger partial charge < -0.3 is 10.1 Å². The first-order chi connectivity index (χ1) is 12.0. The van der Waals surface area contributed by atoms with Gasteiger partial charge in [-0.1, -0.05) is 48.5 Å². The highest BCUT2D eigenvalue weighted by atomic mass is 16.6. The maximum atomic E-state index is 12.3. The van der Waals surface area contributed by atoms with Crippen LogP contribution in [0, 0.1) is 10.1 Å². The van der Waals surface area contributed by atoms with E-state index in [1.807, 2.05) is 30.3 Å². The number of carbonyl (C=O) groups excluding carboxylic acids is 2. The van der Waals surface area contributed by atoms with Crippen molar-refractivity contribution in [2.75, 3.05) is 7.11 Å². The predicted molar refractivity (Wildman–Crippen MR) is 90.9 cm³/mol. The molecule has 0 aliphatic carbocycles. The smallest absolute Gasteiger partial charge is 0.328 e. The molecule has 0 aliphatic heterocycles. The van der Waals surface area contributed by atoms with E-state index in [4.69, 9.17) is 4.74 Å². The number of rotatable bonds is 7. The zero-order chi connectivity index (χ0) is 18.2. The van der Waals surface area contributed by atoms with Crippen molar-refractivity contribution in [3.8, 4) is 0 Å². The number of benzene rings is 2. The first-order valence-electron chi connectivity index (χ1n) is 7.64. The lowest BCUT2D eigenvalue weighted by atomic mass is 10.0. The maximum Gasteiger partial charge on any atom is 0.328 e. The lowest BCUT2D eigenvalue weighted by molar-refractivity contribution is -0.385. The molecule has 0 radical (unpaired) electrons. The molecule has 2 aromatic rings. The Hall–Kier alpha value is -3.22. The molecule has 1 atom stereocenters. The zero-order valence-corrected chi connectivity index (χ0v) is 13.7. The average Bonchev–Trinajstić information content (AvgIpc) is 2.61. The van der Waals surface area contributed by atoms with Crippen LogP contribution in [0.3, 0.4) is 0 Å². The summed E-state index contributed by atoms with van der Waals surface area (Å²) in [5.74, 6) is -1.06. The first-order valence-corrected chi connectivity index (χ1v) is 7.64. The summed E-state index contributed by atoms with van der Waals surface area (Å²) in [5.41, 5.74) is 1.02. The van der Waals surface area contributed by atoms with Gasteiger partial charge >= 0.3 is 5.97 Å². The molecule has 0 bridgehead atoms. The fraction of sp³-hybridized carbons (Fsp3) is 0.222. The summed E-state index contributed by atoms with van der Waals surface area (Å²) in [6.07, 6.45) is 0.0789. The third-order valence-electron chi connectivity index (χ3n) is 3.64. The molecule has 7 heteroatoms. The van der Waals surface area contributed by atoms with Gasteiger partial charge in [-0.3, -0.25) is 14.9 Å². The van der Waals surface area contributed by atoms with E-state index in [9.17, 15) is 19.7 Å². The van der Waals surface area contributed by atoms with Gasteiger partial charge in [0.2, 0.25) is 5.91 Å². The van der Waals surface area contributed by atoms with E-state index in [2.05, 4.69) is 5.32 Å². The molecular formula is C18H18N2O5. The van der Waals surface area contributed by atoms with Gasteiger partial charge in [0, 0.05) is 18.1 Å². The molecule has 1 amide bonds. The lowest BCUT2D eigenvalue weighted by Crippen LogP contribution is -2.43. The second-order valence-electron chi connectivity index (χ2n) is 5.40. The number of nitrogens with one attached hydrogen (secondary N) is 1. The molecule has 0 heterocycles. The second-order valence-corrected chi connectivity index (χ2v) is 5.40. The molecule has 2 rings (SSSR count). The second kappa shape index (κ2) is 8.58. The van der Waals surface area contributed by atoms with Crippen LogP contribution < -0.4 is 5.32 Å². The molecule has 25 heavy (non-hydrogen) atoms. The average molecular weight is 342 g/mol. The highest BCUT2D eigenvalue weighted by Gasteiger charge is 2.23. The van der Waals surface area contributed by atoms with Crippen LogP contribution in [0.5, 0.6) is 0 Å². The van der Waals surface area contributed by atoms with Gasteiger partial charge in [0.1, 0.15) is 6.04 Å². The van der Waals surface area contributed by atoms with Gasteiger partial charge in [0.25, 0.3) is 5.69 Å². The quantitative estimate of drug-likeness (QED) is 0.472. The summed E-state index contributed by atoms with van der Waals surface area (Å²) in [4.78, 5) is 34.7. The zero-order valence-electron chi connectivity index (χ0n) is 13.7. The Morgan fingerprint density at radius 3 is 2.40 bits per heavy atom. The van der Waals surface area contributed by atoms with E-state index in [1.54, 1.807) is 6.07 Å². The molecule has 0 spiro atoms. The fourth-order valence-corrected chi connectivity index (χ4v) is 2.44. The molecule has 0 aliphatic rings. The number of hydrogen-bond donors (Lipinski definition) is 1.